The summed E-state index contributed by atoms with van der Waals surface area (Å²) in [5.74, 6) is 0.833. The molecule has 0 bridgehead atoms. The Morgan fingerprint density at radius 3 is 2.73 bits per heavy atom. The van der Waals surface area contributed by atoms with Crippen LogP contribution in [-0.2, 0) is 4.79 Å². The first-order valence-electron chi connectivity index (χ1n) is 10.2. The van der Waals surface area contributed by atoms with Crippen LogP contribution >= 0.6 is 23.4 Å². The van der Waals surface area contributed by atoms with Gasteiger partial charge in [-0.05, 0) is 48.9 Å². The molecule has 3 aromatic heterocycles. The highest BCUT2D eigenvalue weighted by molar-refractivity contribution is 8.00. The minimum absolute atomic E-state index is 0.188. The zero-order valence-electron chi connectivity index (χ0n) is 17.5. The van der Waals surface area contributed by atoms with Gasteiger partial charge in [0.25, 0.3) is 11.1 Å². The van der Waals surface area contributed by atoms with Crippen LogP contribution in [0.25, 0.3) is 11.5 Å². The summed E-state index contributed by atoms with van der Waals surface area (Å²) in [5, 5.41) is 14.7. The molecule has 1 aliphatic rings. The fourth-order valence-electron chi connectivity index (χ4n) is 3.48. The van der Waals surface area contributed by atoms with Crippen LogP contribution < -0.4 is 0 Å². The number of furan rings is 1. The normalized spacial score (nSPS) is 16.6. The molecule has 1 aromatic carbocycles. The van der Waals surface area contributed by atoms with Crippen LogP contribution in [-0.4, -0.2) is 37.1 Å². The number of rotatable bonds is 6. The average molecular weight is 480 g/mol. The molecule has 0 spiro atoms. The number of pyridine rings is 1. The second-order valence-electron chi connectivity index (χ2n) is 7.35. The van der Waals surface area contributed by atoms with E-state index < -0.39 is 5.25 Å². The number of hydrogen-bond acceptors (Lipinski definition) is 8. The molecule has 0 radical (unpaired) electrons. The minimum atomic E-state index is -0.516. The Morgan fingerprint density at radius 2 is 2.00 bits per heavy atom. The first-order chi connectivity index (χ1) is 16.1. The summed E-state index contributed by atoms with van der Waals surface area (Å²) in [6, 6.07) is 14.3. The van der Waals surface area contributed by atoms with E-state index in [9.17, 15) is 4.79 Å². The Labute approximate surface area is 198 Å². The number of benzene rings is 1. The SMILES string of the molecule is C[C@H](Sc1nnc(-c2cccnc2)o1)C(=O)N1N=C(c2ccc(Cl)cc2)C[C@H]1c1ccco1. The van der Waals surface area contributed by atoms with E-state index in [0.29, 0.717) is 33.9 Å². The number of amides is 1. The van der Waals surface area contributed by atoms with E-state index in [1.165, 1.54) is 16.8 Å². The van der Waals surface area contributed by atoms with E-state index in [0.717, 1.165) is 11.3 Å². The lowest BCUT2D eigenvalue weighted by Crippen LogP contribution is -2.33. The van der Waals surface area contributed by atoms with Crippen molar-refractivity contribution in [3.8, 4) is 11.5 Å². The number of halogens is 1. The van der Waals surface area contributed by atoms with Crippen molar-refractivity contribution in [1.29, 1.82) is 0 Å². The highest BCUT2D eigenvalue weighted by atomic mass is 35.5. The second-order valence-corrected chi connectivity index (χ2v) is 9.08. The molecule has 8 nitrogen and oxygen atoms in total. The lowest BCUT2D eigenvalue weighted by Gasteiger charge is -2.22. The number of carbonyl (C=O) groups is 1. The Balaban J connectivity index is 1.36. The molecule has 4 heterocycles. The molecule has 1 amide bonds. The van der Waals surface area contributed by atoms with E-state index >= 15 is 0 Å². The summed E-state index contributed by atoms with van der Waals surface area (Å²) in [7, 11) is 0. The summed E-state index contributed by atoms with van der Waals surface area (Å²) in [5.41, 5.74) is 2.41. The Kier molecular flexibility index (Phi) is 5.97. The lowest BCUT2D eigenvalue weighted by atomic mass is 10.0. The van der Waals surface area contributed by atoms with Crippen molar-refractivity contribution in [3.63, 3.8) is 0 Å². The van der Waals surface area contributed by atoms with Gasteiger partial charge in [-0.3, -0.25) is 9.78 Å². The lowest BCUT2D eigenvalue weighted by molar-refractivity contribution is -0.132. The molecule has 0 saturated heterocycles. The Bertz CT molecular complexity index is 1280. The van der Waals surface area contributed by atoms with Crippen LogP contribution in [0.2, 0.25) is 5.02 Å². The van der Waals surface area contributed by atoms with Crippen molar-refractivity contribution < 1.29 is 13.6 Å². The largest absolute Gasteiger partial charge is 0.467 e. The smallest absolute Gasteiger partial charge is 0.277 e. The van der Waals surface area contributed by atoms with Crippen LogP contribution in [0, 0.1) is 0 Å². The van der Waals surface area contributed by atoms with Crippen molar-refractivity contribution in [2.45, 2.75) is 29.9 Å². The van der Waals surface area contributed by atoms with Crippen LogP contribution in [0.4, 0.5) is 0 Å². The first kappa shape index (κ1) is 21.4. The van der Waals surface area contributed by atoms with Crippen molar-refractivity contribution in [2.75, 3.05) is 0 Å². The quantitative estimate of drug-likeness (QED) is 0.349. The zero-order chi connectivity index (χ0) is 22.8. The highest BCUT2D eigenvalue weighted by Gasteiger charge is 2.37. The molecule has 0 saturated carbocycles. The van der Waals surface area contributed by atoms with E-state index in [1.54, 1.807) is 49.8 Å². The van der Waals surface area contributed by atoms with Crippen LogP contribution in [0.1, 0.15) is 30.7 Å². The summed E-state index contributed by atoms with van der Waals surface area (Å²) in [4.78, 5) is 17.5. The maximum Gasteiger partial charge on any atom is 0.277 e. The van der Waals surface area contributed by atoms with Gasteiger partial charge in [0, 0.05) is 23.8 Å². The van der Waals surface area contributed by atoms with Gasteiger partial charge in [-0.15, -0.1) is 10.2 Å². The average Bonchev–Trinajstić information content (AvgIpc) is 3.60. The maximum atomic E-state index is 13.4. The van der Waals surface area contributed by atoms with Gasteiger partial charge in [0.15, 0.2) is 0 Å². The number of carbonyl (C=O) groups excluding carboxylic acids is 1. The topological polar surface area (TPSA) is 97.6 Å². The third-order valence-corrected chi connectivity index (χ3v) is 6.30. The fraction of sp³-hybridized carbons (Fsp3) is 0.174. The maximum absolute atomic E-state index is 13.4. The summed E-state index contributed by atoms with van der Waals surface area (Å²) < 4.78 is 11.3. The van der Waals surface area contributed by atoms with Crippen LogP contribution in [0.3, 0.4) is 0 Å². The van der Waals surface area contributed by atoms with E-state index in [-0.39, 0.29) is 11.9 Å². The summed E-state index contributed by atoms with van der Waals surface area (Å²) in [6.45, 7) is 1.79. The molecule has 10 heteroatoms. The number of nitrogens with zero attached hydrogens (tertiary/aromatic N) is 5. The molecular formula is C23H18ClN5O3S. The van der Waals surface area contributed by atoms with Crippen molar-refractivity contribution >= 4 is 35.0 Å². The summed E-state index contributed by atoms with van der Waals surface area (Å²) in [6.07, 6.45) is 5.43. The van der Waals surface area contributed by atoms with E-state index in [2.05, 4.69) is 20.3 Å². The van der Waals surface area contributed by atoms with Crippen molar-refractivity contribution in [3.05, 3.63) is 83.5 Å². The molecule has 0 unspecified atom stereocenters. The third kappa shape index (κ3) is 4.55. The van der Waals surface area contributed by atoms with Gasteiger partial charge in [0.1, 0.15) is 11.8 Å². The molecule has 33 heavy (non-hydrogen) atoms. The number of aromatic nitrogens is 3. The molecule has 5 rings (SSSR count). The van der Waals surface area contributed by atoms with Gasteiger partial charge < -0.3 is 8.83 Å². The number of hydrazone groups is 1. The highest BCUT2D eigenvalue weighted by Crippen LogP contribution is 2.36. The first-order valence-corrected chi connectivity index (χ1v) is 11.4. The number of hydrogen-bond donors (Lipinski definition) is 0. The molecule has 1 aliphatic heterocycles. The molecular weight excluding hydrogens is 462 g/mol. The van der Waals surface area contributed by atoms with Crippen LogP contribution in [0.15, 0.2) is 86.3 Å². The van der Waals surface area contributed by atoms with Crippen molar-refractivity contribution in [2.24, 2.45) is 5.10 Å². The molecule has 2 atom stereocenters. The zero-order valence-corrected chi connectivity index (χ0v) is 19.0. The predicted molar refractivity (Wildman–Crippen MR) is 124 cm³/mol. The predicted octanol–water partition coefficient (Wildman–Crippen LogP) is 5.24. The van der Waals surface area contributed by atoms with Gasteiger partial charge in [-0.25, -0.2) is 5.01 Å². The van der Waals surface area contributed by atoms with Gasteiger partial charge in [0.2, 0.25) is 5.89 Å². The van der Waals surface area contributed by atoms with E-state index in [4.69, 9.17) is 20.4 Å². The summed E-state index contributed by atoms with van der Waals surface area (Å²) >= 11 is 7.20. The molecule has 4 aromatic rings. The second kappa shape index (κ2) is 9.21. The molecule has 0 aliphatic carbocycles. The molecule has 166 valence electrons. The van der Waals surface area contributed by atoms with Gasteiger partial charge in [0.05, 0.1) is 22.8 Å². The van der Waals surface area contributed by atoms with Gasteiger partial charge in [-0.2, -0.15) is 5.10 Å². The van der Waals surface area contributed by atoms with Crippen LogP contribution in [0.5, 0.6) is 0 Å². The minimum Gasteiger partial charge on any atom is -0.467 e. The van der Waals surface area contributed by atoms with Gasteiger partial charge in [-0.1, -0.05) is 35.5 Å². The number of thioether (sulfide) groups is 1. The Hall–Kier alpha value is -3.43. The monoisotopic (exact) mass is 479 g/mol. The van der Waals surface area contributed by atoms with E-state index in [1.807, 2.05) is 24.3 Å². The Morgan fingerprint density at radius 1 is 1.15 bits per heavy atom. The van der Waals surface area contributed by atoms with Gasteiger partial charge >= 0.3 is 0 Å². The van der Waals surface area contributed by atoms with Crippen molar-refractivity contribution in [1.82, 2.24) is 20.2 Å². The standard InChI is InChI=1S/C23H18ClN5O3S/c1-14(33-23-27-26-21(32-23)16-4-2-10-25-13-16)22(30)29-19(20-5-3-11-31-20)12-18(28-29)15-6-8-17(24)9-7-15/h2-11,13-14,19H,12H2,1H3/t14-,19-/m0/s1. The molecule has 0 fully saturated rings. The third-order valence-electron chi connectivity index (χ3n) is 5.13. The fourth-order valence-corrected chi connectivity index (χ4v) is 4.34. The molecule has 0 N–H and O–H groups in total.